The molecule has 2 N–H and O–H groups in total. The molecule has 5 rings (SSSR count). The Balaban J connectivity index is 1.73. The lowest BCUT2D eigenvalue weighted by Crippen LogP contribution is -2.32. The SMILES string of the molecule is Cc1ccccc1-n1nc(-c2c(-c3ccc(F)cc3)nn3c2N[C@@H](CO)CC3)ccc1=O. The first-order valence-corrected chi connectivity index (χ1v) is 10.5. The molecule has 4 aromatic rings. The molecule has 0 bridgehead atoms. The molecule has 32 heavy (non-hydrogen) atoms. The fourth-order valence-corrected chi connectivity index (χ4v) is 4.02. The largest absolute Gasteiger partial charge is 0.394 e. The molecule has 8 heteroatoms. The van der Waals surface area contributed by atoms with Crippen molar-refractivity contribution in [2.75, 3.05) is 11.9 Å². The van der Waals surface area contributed by atoms with Crippen LogP contribution in [0.5, 0.6) is 0 Å². The van der Waals surface area contributed by atoms with Crippen LogP contribution >= 0.6 is 0 Å². The molecule has 0 spiro atoms. The Hall–Kier alpha value is -3.78. The zero-order valence-corrected chi connectivity index (χ0v) is 17.5. The topological polar surface area (TPSA) is 85.0 Å². The number of anilines is 1. The highest BCUT2D eigenvalue weighted by atomic mass is 19.1. The van der Waals surface area contributed by atoms with Crippen molar-refractivity contribution in [2.45, 2.75) is 25.9 Å². The van der Waals surface area contributed by atoms with E-state index in [0.29, 0.717) is 29.2 Å². The van der Waals surface area contributed by atoms with Gasteiger partial charge in [-0.15, -0.1) is 0 Å². The van der Waals surface area contributed by atoms with E-state index in [1.807, 2.05) is 35.9 Å². The number of aliphatic hydroxyl groups excluding tert-OH is 1. The number of halogens is 1. The molecule has 7 nitrogen and oxygen atoms in total. The van der Waals surface area contributed by atoms with E-state index < -0.39 is 0 Å². The van der Waals surface area contributed by atoms with Crippen molar-refractivity contribution in [3.63, 3.8) is 0 Å². The zero-order chi connectivity index (χ0) is 22.2. The summed E-state index contributed by atoms with van der Waals surface area (Å²) in [6.45, 7) is 2.54. The number of aryl methyl sites for hydroxylation is 2. The van der Waals surface area contributed by atoms with Gasteiger partial charge in [0.15, 0.2) is 0 Å². The maximum Gasteiger partial charge on any atom is 0.271 e. The zero-order valence-electron chi connectivity index (χ0n) is 17.5. The van der Waals surface area contributed by atoms with Gasteiger partial charge in [-0.25, -0.2) is 9.07 Å². The van der Waals surface area contributed by atoms with Gasteiger partial charge in [0.05, 0.1) is 29.6 Å². The molecule has 1 aliphatic heterocycles. The number of hydrogen-bond donors (Lipinski definition) is 2. The van der Waals surface area contributed by atoms with Crippen LogP contribution in [0.2, 0.25) is 0 Å². The van der Waals surface area contributed by atoms with Crippen LogP contribution in [0.1, 0.15) is 12.0 Å². The van der Waals surface area contributed by atoms with Gasteiger partial charge in [-0.1, -0.05) is 18.2 Å². The monoisotopic (exact) mass is 431 g/mol. The van der Waals surface area contributed by atoms with Crippen LogP contribution in [0, 0.1) is 12.7 Å². The van der Waals surface area contributed by atoms with Gasteiger partial charge in [-0.3, -0.25) is 4.79 Å². The van der Waals surface area contributed by atoms with Gasteiger partial charge in [0.2, 0.25) is 0 Å². The van der Waals surface area contributed by atoms with E-state index in [-0.39, 0.29) is 24.0 Å². The Labute approximate surface area is 183 Å². The van der Waals surface area contributed by atoms with Crippen molar-refractivity contribution in [3.05, 3.63) is 82.4 Å². The predicted octanol–water partition coefficient (Wildman–Crippen LogP) is 3.39. The summed E-state index contributed by atoms with van der Waals surface area (Å²) in [6.07, 6.45) is 0.726. The van der Waals surface area contributed by atoms with Crippen LogP contribution in [0.15, 0.2) is 65.5 Å². The summed E-state index contributed by atoms with van der Waals surface area (Å²) in [5, 5.41) is 22.5. The van der Waals surface area contributed by atoms with Crippen LogP contribution in [-0.4, -0.2) is 37.3 Å². The number of aromatic nitrogens is 4. The molecule has 0 unspecified atom stereocenters. The van der Waals surface area contributed by atoms with Crippen molar-refractivity contribution in [1.82, 2.24) is 19.6 Å². The van der Waals surface area contributed by atoms with E-state index in [1.54, 1.807) is 18.2 Å². The highest BCUT2D eigenvalue weighted by Crippen LogP contribution is 2.38. The van der Waals surface area contributed by atoms with Crippen molar-refractivity contribution >= 4 is 5.82 Å². The molecular formula is C24H22FN5O2. The van der Waals surface area contributed by atoms with Crippen LogP contribution in [-0.2, 0) is 6.54 Å². The van der Waals surface area contributed by atoms with Crippen molar-refractivity contribution in [2.24, 2.45) is 0 Å². The van der Waals surface area contributed by atoms with Crippen molar-refractivity contribution in [1.29, 1.82) is 0 Å². The molecular weight excluding hydrogens is 409 g/mol. The average Bonchev–Trinajstić information content (AvgIpc) is 3.19. The highest BCUT2D eigenvalue weighted by Gasteiger charge is 2.27. The second kappa shape index (κ2) is 8.05. The first-order valence-electron chi connectivity index (χ1n) is 10.5. The van der Waals surface area contributed by atoms with E-state index in [0.717, 1.165) is 23.4 Å². The van der Waals surface area contributed by atoms with E-state index in [1.165, 1.54) is 22.9 Å². The molecule has 0 fully saturated rings. The summed E-state index contributed by atoms with van der Waals surface area (Å²) in [5.74, 6) is 0.390. The number of fused-ring (bicyclic) bond motifs is 1. The fraction of sp³-hybridized carbons (Fsp3) is 0.208. The lowest BCUT2D eigenvalue weighted by molar-refractivity contribution is 0.258. The van der Waals surface area contributed by atoms with Gasteiger partial charge in [-0.05, 0) is 55.3 Å². The van der Waals surface area contributed by atoms with Gasteiger partial charge in [0.25, 0.3) is 5.56 Å². The van der Waals surface area contributed by atoms with Crippen LogP contribution in [0.3, 0.4) is 0 Å². The Kier molecular flexibility index (Phi) is 5.07. The molecule has 3 heterocycles. The minimum absolute atomic E-state index is 0.00730. The summed E-state index contributed by atoms with van der Waals surface area (Å²) < 4.78 is 16.8. The van der Waals surface area contributed by atoms with Crippen molar-refractivity contribution < 1.29 is 9.50 Å². The third-order valence-corrected chi connectivity index (χ3v) is 5.72. The van der Waals surface area contributed by atoms with Crippen LogP contribution in [0.4, 0.5) is 10.2 Å². The second-order valence-electron chi connectivity index (χ2n) is 7.87. The summed E-state index contributed by atoms with van der Waals surface area (Å²) in [7, 11) is 0. The van der Waals surface area contributed by atoms with Gasteiger partial charge < -0.3 is 10.4 Å². The second-order valence-corrected chi connectivity index (χ2v) is 7.87. The van der Waals surface area contributed by atoms with Crippen molar-refractivity contribution in [3.8, 4) is 28.2 Å². The van der Waals surface area contributed by atoms with E-state index in [2.05, 4.69) is 10.4 Å². The van der Waals surface area contributed by atoms with Crippen LogP contribution in [0.25, 0.3) is 28.2 Å². The number of hydrogen-bond acceptors (Lipinski definition) is 5. The number of nitrogens with zero attached hydrogens (tertiary/aromatic N) is 4. The third-order valence-electron chi connectivity index (χ3n) is 5.72. The lowest BCUT2D eigenvalue weighted by Gasteiger charge is -2.24. The van der Waals surface area contributed by atoms with Gasteiger partial charge in [0, 0.05) is 18.2 Å². The van der Waals surface area contributed by atoms with Gasteiger partial charge in [0.1, 0.15) is 17.3 Å². The first kappa shape index (κ1) is 20.1. The van der Waals surface area contributed by atoms with Gasteiger partial charge >= 0.3 is 0 Å². The standard InChI is InChI=1S/C24H22FN5O2/c1-15-4-2-3-5-20(15)30-21(32)11-10-19(27-30)22-23(16-6-8-17(25)9-7-16)28-29-13-12-18(14-31)26-24(22)29/h2-11,18,26,31H,12-14H2,1H3/t18-/m1/s1. The molecule has 1 atom stereocenters. The normalized spacial score (nSPS) is 15.3. The summed E-state index contributed by atoms with van der Waals surface area (Å²) in [6, 6.07) is 16.7. The quantitative estimate of drug-likeness (QED) is 0.518. The predicted molar refractivity (Wildman–Crippen MR) is 120 cm³/mol. The summed E-state index contributed by atoms with van der Waals surface area (Å²) in [4.78, 5) is 12.7. The molecule has 0 amide bonds. The molecule has 2 aromatic carbocycles. The minimum Gasteiger partial charge on any atom is -0.394 e. The van der Waals surface area contributed by atoms with Gasteiger partial charge in [-0.2, -0.15) is 14.9 Å². The summed E-state index contributed by atoms with van der Waals surface area (Å²) >= 11 is 0. The molecule has 0 radical (unpaired) electrons. The maximum atomic E-state index is 13.6. The molecule has 0 saturated carbocycles. The number of rotatable bonds is 4. The lowest BCUT2D eigenvalue weighted by atomic mass is 10.0. The van der Waals surface area contributed by atoms with E-state index in [9.17, 15) is 14.3 Å². The number of aliphatic hydroxyl groups is 1. The molecule has 2 aromatic heterocycles. The first-order chi connectivity index (χ1) is 15.5. The Morgan fingerprint density at radius 2 is 1.88 bits per heavy atom. The average molecular weight is 431 g/mol. The smallest absolute Gasteiger partial charge is 0.271 e. The number of para-hydroxylation sites is 1. The minimum atomic E-state index is -0.330. The Morgan fingerprint density at radius 1 is 1.09 bits per heavy atom. The van der Waals surface area contributed by atoms with E-state index in [4.69, 9.17) is 5.10 Å². The Bertz CT molecular complexity index is 1340. The number of benzene rings is 2. The molecule has 0 saturated heterocycles. The number of nitrogens with one attached hydrogen (secondary N) is 1. The molecule has 162 valence electrons. The van der Waals surface area contributed by atoms with Crippen LogP contribution < -0.4 is 10.9 Å². The highest BCUT2D eigenvalue weighted by molar-refractivity contribution is 5.87. The van der Waals surface area contributed by atoms with E-state index >= 15 is 0 Å². The molecule has 1 aliphatic rings. The fourth-order valence-electron chi connectivity index (χ4n) is 4.02. The maximum absolute atomic E-state index is 13.6. The summed E-state index contributed by atoms with van der Waals surface area (Å²) in [5.41, 5.74) is 4.01. The Morgan fingerprint density at radius 3 is 2.62 bits per heavy atom. The third kappa shape index (κ3) is 3.48. The molecule has 0 aliphatic carbocycles.